The van der Waals surface area contributed by atoms with Crippen molar-refractivity contribution in [3.63, 3.8) is 0 Å². The molecule has 0 bridgehead atoms. The van der Waals surface area contributed by atoms with Gasteiger partial charge in [0.05, 0.1) is 0 Å². The van der Waals surface area contributed by atoms with Crippen molar-refractivity contribution in [1.82, 2.24) is 14.3 Å². The Balaban J connectivity index is 2.01. The molecule has 2 rings (SSSR count). The molecule has 1 aromatic heterocycles. The summed E-state index contributed by atoms with van der Waals surface area (Å²) >= 11 is 1.57. The first-order valence-corrected chi connectivity index (χ1v) is 7.98. The lowest BCUT2D eigenvalue weighted by Crippen LogP contribution is -2.50. The van der Waals surface area contributed by atoms with Gasteiger partial charge in [0.15, 0.2) is 0 Å². The maximum atomic E-state index is 12.1. The van der Waals surface area contributed by atoms with Crippen molar-refractivity contribution in [3.8, 4) is 0 Å². The lowest BCUT2D eigenvalue weighted by molar-refractivity contribution is 0.352. The zero-order valence-electron chi connectivity index (χ0n) is 9.72. The molecule has 1 fully saturated rings. The van der Waals surface area contributed by atoms with Gasteiger partial charge >= 0.3 is 0 Å². The molecule has 0 aliphatic carbocycles. The number of piperazine rings is 1. The van der Waals surface area contributed by atoms with Crippen LogP contribution in [0.1, 0.15) is 18.5 Å². The first-order valence-electron chi connectivity index (χ1n) is 5.60. The molecule has 17 heavy (non-hydrogen) atoms. The van der Waals surface area contributed by atoms with E-state index in [1.54, 1.807) is 11.3 Å². The second-order valence-corrected chi connectivity index (χ2v) is 6.53. The normalized spacial score (nSPS) is 20.3. The number of thiophene rings is 1. The van der Waals surface area contributed by atoms with Gasteiger partial charge < -0.3 is 5.32 Å². The molecule has 0 saturated carbocycles. The Hall–Kier alpha value is -0.470. The summed E-state index contributed by atoms with van der Waals surface area (Å²) < 4.78 is 28.4. The standard InChI is InChI=1S/C10H17N3O2S2/c1-9(10-2-7-16-8-10)12-17(14,15)13-5-3-11-4-6-13/h2,7-9,11-12H,3-6H2,1H3. The molecule has 1 aliphatic rings. The molecule has 96 valence electrons. The molecule has 1 saturated heterocycles. The predicted molar refractivity (Wildman–Crippen MR) is 69.2 cm³/mol. The Labute approximate surface area is 106 Å². The van der Waals surface area contributed by atoms with Crippen LogP contribution in [0, 0.1) is 0 Å². The summed E-state index contributed by atoms with van der Waals surface area (Å²) in [5.41, 5.74) is 1.01. The molecule has 7 heteroatoms. The van der Waals surface area contributed by atoms with Gasteiger partial charge in [0, 0.05) is 32.2 Å². The van der Waals surface area contributed by atoms with Gasteiger partial charge in [-0.1, -0.05) is 0 Å². The molecule has 1 unspecified atom stereocenters. The summed E-state index contributed by atoms with van der Waals surface area (Å²) in [5, 5.41) is 7.05. The summed E-state index contributed by atoms with van der Waals surface area (Å²) in [5.74, 6) is 0. The molecule has 1 atom stereocenters. The van der Waals surface area contributed by atoms with Crippen LogP contribution in [0.15, 0.2) is 16.8 Å². The first-order chi connectivity index (χ1) is 8.09. The monoisotopic (exact) mass is 275 g/mol. The van der Waals surface area contributed by atoms with Crippen LogP contribution in [0.25, 0.3) is 0 Å². The third kappa shape index (κ3) is 3.26. The van der Waals surface area contributed by atoms with Crippen molar-refractivity contribution in [1.29, 1.82) is 0 Å². The summed E-state index contributed by atoms with van der Waals surface area (Å²) in [7, 11) is -3.36. The van der Waals surface area contributed by atoms with E-state index < -0.39 is 10.2 Å². The second kappa shape index (κ2) is 5.45. The molecular formula is C10H17N3O2S2. The highest BCUT2D eigenvalue weighted by Gasteiger charge is 2.25. The highest BCUT2D eigenvalue weighted by atomic mass is 32.2. The van der Waals surface area contributed by atoms with Crippen LogP contribution < -0.4 is 10.0 Å². The third-order valence-electron chi connectivity index (χ3n) is 2.78. The quantitative estimate of drug-likeness (QED) is 0.843. The second-order valence-electron chi connectivity index (χ2n) is 4.05. The van der Waals surface area contributed by atoms with Crippen molar-refractivity contribution in [2.75, 3.05) is 26.2 Å². The van der Waals surface area contributed by atoms with Gasteiger partial charge in [-0.05, 0) is 29.3 Å². The predicted octanol–water partition coefficient (Wildman–Crippen LogP) is 0.549. The molecular weight excluding hydrogens is 258 g/mol. The zero-order valence-corrected chi connectivity index (χ0v) is 11.4. The van der Waals surface area contributed by atoms with Gasteiger partial charge in [0.1, 0.15) is 0 Å². The molecule has 2 heterocycles. The fourth-order valence-electron chi connectivity index (χ4n) is 1.77. The minimum atomic E-state index is -3.36. The van der Waals surface area contributed by atoms with Crippen LogP contribution in [-0.2, 0) is 10.2 Å². The summed E-state index contributed by atoms with van der Waals surface area (Å²) in [4.78, 5) is 0. The van der Waals surface area contributed by atoms with Crippen LogP contribution in [0.2, 0.25) is 0 Å². The van der Waals surface area contributed by atoms with Gasteiger partial charge in [-0.3, -0.25) is 0 Å². The van der Waals surface area contributed by atoms with Crippen molar-refractivity contribution >= 4 is 21.5 Å². The van der Waals surface area contributed by atoms with Crippen LogP contribution in [0.3, 0.4) is 0 Å². The highest BCUT2D eigenvalue weighted by Crippen LogP contribution is 2.17. The molecule has 0 spiro atoms. The van der Waals surface area contributed by atoms with Crippen molar-refractivity contribution in [2.45, 2.75) is 13.0 Å². The first kappa shape index (κ1) is 13.0. The van der Waals surface area contributed by atoms with Gasteiger partial charge in [0.25, 0.3) is 10.2 Å². The number of nitrogens with zero attached hydrogens (tertiary/aromatic N) is 1. The van der Waals surface area contributed by atoms with E-state index in [0.717, 1.165) is 5.56 Å². The fourth-order valence-corrected chi connectivity index (χ4v) is 3.92. The van der Waals surface area contributed by atoms with Crippen LogP contribution in [0.5, 0.6) is 0 Å². The average molecular weight is 275 g/mol. The van der Waals surface area contributed by atoms with Gasteiger partial charge in [-0.25, -0.2) is 0 Å². The number of nitrogens with one attached hydrogen (secondary N) is 2. The summed E-state index contributed by atoms with van der Waals surface area (Å²) in [6.45, 7) is 4.36. The Morgan fingerprint density at radius 3 is 2.76 bits per heavy atom. The van der Waals surface area contributed by atoms with Gasteiger partial charge in [0.2, 0.25) is 0 Å². The highest BCUT2D eigenvalue weighted by molar-refractivity contribution is 7.87. The van der Waals surface area contributed by atoms with E-state index in [-0.39, 0.29) is 6.04 Å². The third-order valence-corrected chi connectivity index (χ3v) is 5.18. The van der Waals surface area contributed by atoms with E-state index >= 15 is 0 Å². The topological polar surface area (TPSA) is 61.4 Å². The maximum Gasteiger partial charge on any atom is 0.280 e. The van der Waals surface area contributed by atoms with Crippen molar-refractivity contribution < 1.29 is 8.42 Å². The zero-order chi connectivity index (χ0) is 12.3. The van der Waals surface area contributed by atoms with E-state index in [9.17, 15) is 8.42 Å². The van der Waals surface area contributed by atoms with Crippen LogP contribution in [0.4, 0.5) is 0 Å². The Bertz CT molecular complexity index is 438. The lowest BCUT2D eigenvalue weighted by Gasteiger charge is -2.28. The molecule has 1 aromatic rings. The molecule has 0 radical (unpaired) electrons. The Morgan fingerprint density at radius 2 is 2.18 bits per heavy atom. The molecule has 5 nitrogen and oxygen atoms in total. The maximum absolute atomic E-state index is 12.1. The molecule has 0 aromatic carbocycles. The number of hydrogen-bond donors (Lipinski definition) is 2. The minimum absolute atomic E-state index is 0.180. The van der Waals surface area contributed by atoms with E-state index in [1.165, 1.54) is 4.31 Å². The summed E-state index contributed by atoms with van der Waals surface area (Å²) in [6, 6.07) is 1.76. The van der Waals surface area contributed by atoms with E-state index in [4.69, 9.17) is 0 Å². The number of hydrogen-bond acceptors (Lipinski definition) is 4. The molecule has 2 N–H and O–H groups in total. The summed E-state index contributed by atoms with van der Waals surface area (Å²) in [6.07, 6.45) is 0. The van der Waals surface area contributed by atoms with Crippen molar-refractivity contribution in [3.05, 3.63) is 22.4 Å². The SMILES string of the molecule is CC(NS(=O)(=O)N1CCNCC1)c1ccsc1. The molecule has 0 amide bonds. The van der Waals surface area contributed by atoms with Crippen molar-refractivity contribution in [2.24, 2.45) is 0 Å². The van der Waals surface area contributed by atoms with E-state index in [0.29, 0.717) is 26.2 Å². The Morgan fingerprint density at radius 1 is 1.47 bits per heavy atom. The van der Waals surface area contributed by atoms with E-state index in [1.807, 2.05) is 23.8 Å². The largest absolute Gasteiger partial charge is 0.314 e. The van der Waals surface area contributed by atoms with Crippen LogP contribution in [-0.4, -0.2) is 38.9 Å². The fraction of sp³-hybridized carbons (Fsp3) is 0.600. The van der Waals surface area contributed by atoms with E-state index in [2.05, 4.69) is 10.0 Å². The number of rotatable bonds is 4. The van der Waals surface area contributed by atoms with Gasteiger partial charge in [-0.2, -0.15) is 28.8 Å². The van der Waals surface area contributed by atoms with Gasteiger partial charge in [-0.15, -0.1) is 0 Å². The smallest absolute Gasteiger partial charge is 0.280 e. The Kier molecular flexibility index (Phi) is 4.16. The molecule has 1 aliphatic heterocycles. The lowest BCUT2D eigenvalue weighted by atomic mass is 10.2. The minimum Gasteiger partial charge on any atom is -0.314 e. The van der Waals surface area contributed by atoms with Crippen LogP contribution >= 0.6 is 11.3 Å². The average Bonchev–Trinajstić information content (AvgIpc) is 2.83.